The highest BCUT2D eigenvalue weighted by molar-refractivity contribution is 9.09. The number of hydrogen-bond acceptors (Lipinski definition) is 2. The lowest BCUT2D eigenvalue weighted by Gasteiger charge is -2.17. The topological polar surface area (TPSA) is 44.1 Å². The van der Waals surface area contributed by atoms with Crippen LogP contribution in [-0.2, 0) is 4.79 Å². The minimum absolute atomic E-state index is 0.0223. The number of nitriles is 1. The molecule has 0 N–H and O–H groups in total. The van der Waals surface area contributed by atoms with Crippen LogP contribution in [0.2, 0.25) is 0 Å². The molecule has 1 atom stereocenters. The second kappa shape index (κ2) is 3.72. The van der Waals surface area contributed by atoms with Crippen LogP contribution >= 0.6 is 15.9 Å². The van der Waals surface area contributed by atoms with Gasteiger partial charge < -0.3 is 4.90 Å². The zero-order valence-electron chi connectivity index (χ0n) is 6.09. The average molecular weight is 217 g/mol. The van der Waals surface area contributed by atoms with E-state index in [1.807, 2.05) is 0 Å². The molecule has 1 amide bonds. The van der Waals surface area contributed by atoms with Gasteiger partial charge in [0.05, 0.1) is 11.4 Å². The number of amides is 1. The third kappa shape index (κ3) is 1.72. The summed E-state index contributed by atoms with van der Waals surface area (Å²) in [5, 5.41) is 8.95. The minimum atomic E-state index is -0.181. The molecule has 1 unspecified atom stereocenters. The Kier molecular flexibility index (Phi) is 2.89. The molecule has 1 aliphatic heterocycles. The van der Waals surface area contributed by atoms with Crippen molar-refractivity contribution in [3.8, 4) is 6.07 Å². The van der Waals surface area contributed by atoms with Gasteiger partial charge in [-0.3, -0.25) is 4.79 Å². The number of alkyl halides is 1. The van der Waals surface area contributed by atoms with Crippen molar-refractivity contribution in [3.63, 3.8) is 0 Å². The molecule has 1 aliphatic rings. The summed E-state index contributed by atoms with van der Waals surface area (Å²) in [5.41, 5.74) is 0. The number of nitrogens with zero attached hydrogens (tertiary/aromatic N) is 2. The summed E-state index contributed by atoms with van der Waals surface area (Å²) in [5.74, 6) is 0.0223. The first-order valence-electron chi connectivity index (χ1n) is 3.54. The van der Waals surface area contributed by atoms with E-state index in [1.54, 1.807) is 4.90 Å². The molecular formula is C7H9BrN2O. The Morgan fingerprint density at radius 3 is 3.09 bits per heavy atom. The number of rotatable bonds is 1. The van der Waals surface area contributed by atoms with Crippen LogP contribution < -0.4 is 0 Å². The van der Waals surface area contributed by atoms with E-state index < -0.39 is 0 Å². The summed E-state index contributed by atoms with van der Waals surface area (Å²) in [4.78, 5) is 12.7. The van der Waals surface area contributed by atoms with Crippen molar-refractivity contribution >= 4 is 21.8 Å². The van der Waals surface area contributed by atoms with Gasteiger partial charge in [0.15, 0.2) is 0 Å². The molecule has 0 aromatic carbocycles. The van der Waals surface area contributed by atoms with Gasteiger partial charge in [-0.15, -0.1) is 0 Å². The van der Waals surface area contributed by atoms with Crippen LogP contribution in [0.4, 0.5) is 0 Å². The van der Waals surface area contributed by atoms with E-state index in [0.717, 1.165) is 19.4 Å². The number of halogens is 1. The Hall–Kier alpha value is -0.560. The fourth-order valence-corrected chi connectivity index (χ4v) is 1.60. The molecule has 1 rings (SSSR count). The van der Waals surface area contributed by atoms with Crippen LogP contribution in [0, 0.1) is 11.3 Å². The van der Waals surface area contributed by atoms with E-state index in [9.17, 15) is 4.79 Å². The van der Waals surface area contributed by atoms with Gasteiger partial charge in [-0.1, -0.05) is 15.9 Å². The van der Waals surface area contributed by atoms with Crippen LogP contribution in [0.25, 0.3) is 0 Å². The minimum Gasteiger partial charge on any atom is -0.326 e. The maximum Gasteiger partial charge on any atom is 0.234 e. The van der Waals surface area contributed by atoms with E-state index in [1.165, 1.54) is 0 Å². The molecule has 0 saturated carbocycles. The highest BCUT2D eigenvalue weighted by Crippen LogP contribution is 2.16. The van der Waals surface area contributed by atoms with E-state index in [-0.39, 0.29) is 11.9 Å². The highest BCUT2D eigenvalue weighted by atomic mass is 79.9. The second-order valence-corrected chi connectivity index (χ2v) is 3.07. The Morgan fingerprint density at radius 1 is 1.82 bits per heavy atom. The average Bonchev–Trinajstić information content (AvgIpc) is 2.50. The van der Waals surface area contributed by atoms with Gasteiger partial charge in [0, 0.05) is 6.54 Å². The van der Waals surface area contributed by atoms with Crippen molar-refractivity contribution < 1.29 is 4.79 Å². The molecule has 0 radical (unpaired) electrons. The lowest BCUT2D eigenvalue weighted by Crippen LogP contribution is -2.35. The molecule has 0 aromatic rings. The standard InChI is InChI=1S/C7H9BrN2O/c8-4-7(11)10-3-1-2-6(10)5-9/h6H,1-4H2. The molecule has 11 heavy (non-hydrogen) atoms. The SMILES string of the molecule is N#CC1CCCN1C(=O)CBr. The van der Waals surface area contributed by atoms with Gasteiger partial charge >= 0.3 is 0 Å². The largest absolute Gasteiger partial charge is 0.326 e. The molecule has 60 valence electrons. The quantitative estimate of drug-likeness (QED) is 0.612. The van der Waals surface area contributed by atoms with Crippen LogP contribution in [0.15, 0.2) is 0 Å². The molecule has 1 fully saturated rings. The van der Waals surface area contributed by atoms with E-state index in [0.29, 0.717) is 5.33 Å². The molecule has 0 aliphatic carbocycles. The molecule has 3 nitrogen and oxygen atoms in total. The molecule has 1 heterocycles. The maximum absolute atomic E-state index is 11.1. The fourth-order valence-electron chi connectivity index (χ4n) is 1.28. The molecule has 0 aromatic heterocycles. The summed E-state index contributed by atoms with van der Waals surface area (Å²) in [7, 11) is 0. The van der Waals surface area contributed by atoms with Crippen molar-refractivity contribution in [1.82, 2.24) is 4.90 Å². The summed E-state index contributed by atoms with van der Waals surface area (Å²) >= 11 is 3.08. The van der Waals surface area contributed by atoms with Gasteiger partial charge in [-0.05, 0) is 12.8 Å². The molecular weight excluding hydrogens is 208 g/mol. The van der Waals surface area contributed by atoms with E-state index in [4.69, 9.17) is 5.26 Å². The van der Waals surface area contributed by atoms with Crippen molar-refractivity contribution in [3.05, 3.63) is 0 Å². The predicted octanol–water partition coefficient (Wildman–Crippen LogP) is 0.896. The van der Waals surface area contributed by atoms with Gasteiger partial charge in [-0.25, -0.2) is 0 Å². The van der Waals surface area contributed by atoms with Gasteiger partial charge in [-0.2, -0.15) is 5.26 Å². The van der Waals surface area contributed by atoms with Crippen LogP contribution in [0.5, 0.6) is 0 Å². The van der Waals surface area contributed by atoms with Crippen molar-refractivity contribution in [2.75, 3.05) is 11.9 Å². The Balaban J connectivity index is 2.58. The summed E-state index contributed by atoms with van der Waals surface area (Å²) in [6.07, 6.45) is 1.78. The number of carbonyl (C=O) groups is 1. The third-order valence-corrected chi connectivity index (χ3v) is 2.32. The third-order valence-electron chi connectivity index (χ3n) is 1.84. The number of hydrogen-bond donors (Lipinski definition) is 0. The van der Waals surface area contributed by atoms with Crippen LogP contribution in [0.3, 0.4) is 0 Å². The lowest BCUT2D eigenvalue weighted by atomic mass is 10.2. The summed E-state index contributed by atoms with van der Waals surface area (Å²) in [6.45, 7) is 0.739. The van der Waals surface area contributed by atoms with E-state index in [2.05, 4.69) is 22.0 Å². The maximum atomic E-state index is 11.1. The number of carbonyl (C=O) groups excluding carboxylic acids is 1. The Labute approximate surface area is 74.1 Å². The molecule has 0 spiro atoms. The van der Waals surface area contributed by atoms with Gasteiger partial charge in [0.2, 0.25) is 5.91 Å². The zero-order valence-corrected chi connectivity index (χ0v) is 7.67. The predicted molar refractivity (Wildman–Crippen MR) is 44.1 cm³/mol. The smallest absolute Gasteiger partial charge is 0.234 e. The van der Waals surface area contributed by atoms with Crippen LogP contribution in [0.1, 0.15) is 12.8 Å². The Morgan fingerprint density at radius 2 is 2.55 bits per heavy atom. The summed E-state index contributed by atoms with van der Waals surface area (Å²) < 4.78 is 0. The fraction of sp³-hybridized carbons (Fsp3) is 0.714. The normalized spacial score (nSPS) is 23.3. The lowest BCUT2D eigenvalue weighted by molar-refractivity contribution is -0.128. The molecule has 0 bridgehead atoms. The monoisotopic (exact) mass is 216 g/mol. The van der Waals surface area contributed by atoms with Crippen molar-refractivity contribution in [2.24, 2.45) is 0 Å². The first-order valence-corrected chi connectivity index (χ1v) is 4.66. The second-order valence-electron chi connectivity index (χ2n) is 2.51. The summed E-state index contributed by atoms with van der Waals surface area (Å²) in [6, 6.07) is 1.93. The first kappa shape index (κ1) is 8.54. The van der Waals surface area contributed by atoms with E-state index >= 15 is 0 Å². The van der Waals surface area contributed by atoms with Gasteiger partial charge in [0.1, 0.15) is 6.04 Å². The van der Waals surface area contributed by atoms with Crippen LogP contribution in [-0.4, -0.2) is 28.7 Å². The number of likely N-dealkylation sites (tertiary alicyclic amines) is 1. The van der Waals surface area contributed by atoms with Crippen molar-refractivity contribution in [1.29, 1.82) is 5.26 Å². The zero-order chi connectivity index (χ0) is 8.27. The Bertz CT molecular complexity index is 199. The highest BCUT2D eigenvalue weighted by Gasteiger charge is 2.27. The van der Waals surface area contributed by atoms with Crippen molar-refractivity contribution in [2.45, 2.75) is 18.9 Å². The first-order chi connectivity index (χ1) is 5.29. The molecule has 4 heteroatoms. The molecule has 1 saturated heterocycles. The van der Waals surface area contributed by atoms with Gasteiger partial charge in [0.25, 0.3) is 0 Å².